The van der Waals surface area contributed by atoms with Crippen LogP contribution in [0.5, 0.6) is 0 Å². The molecule has 1 aromatic carbocycles. The molecule has 0 spiro atoms. The lowest BCUT2D eigenvalue weighted by atomic mass is 10.00. The molecular formula is C23H28N4O3S. The normalized spacial score (nSPS) is 18.8. The fourth-order valence-corrected chi connectivity index (χ4v) is 6.06. The van der Waals surface area contributed by atoms with Gasteiger partial charge in [0.1, 0.15) is 5.69 Å². The van der Waals surface area contributed by atoms with Gasteiger partial charge in [-0.15, -0.1) is 0 Å². The van der Waals surface area contributed by atoms with Crippen molar-refractivity contribution in [1.29, 1.82) is 5.41 Å². The molecule has 0 radical (unpaired) electrons. The van der Waals surface area contributed by atoms with Crippen molar-refractivity contribution in [2.75, 3.05) is 16.8 Å². The first kappa shape index (κ1) is 21.5. The molecule has 1 amide bonds. The van der Waals surface area contributed by atoms with E-state index in [2.05, 4.69) is 27.8 Å². The summed E-state index contributed by atoms with van der Waals surface area (Å²) in [6.07, 6.45) is 3.84. The van der Waals surface area contributed by atoms with Gasteiger partial charge >= 0.3 is 0 Å². The minimum absolute atomic E-state index is 0.0592. The number of hydrogen-bond donors (Lipinski definition) is 3. The molecule has 7 nitrogen and oxygen atoms in total. The van der Waals surface area contributed by atoms with Crippen molar-refractivity contribution in [3.63, 3.8) is 0 Å². The summed E-state index contributed by atoms with van der Waals surface area (Å²) in [5.41, 5.74) is 3.02. The van der Waals surface area contributed by atoms with Gasteiger partial charge in [-0.05, 0) is 57.2 Å². The van der Waals surface area contributed by atoms with Crippen molar-refractivity contribution in [3.05, 3.63) is 58.9 Å². The molecule has 2 fully saturated rings. The average molecular weight is 441 g/mol. The number of aromatic nitrogens is 1. The molecule has 0 unspecified atom stereocenters. The third-order valence-electron chi connectivity index (χ3n) is 5.55. The monoisotopic (exact) mass is 440 g/mol. The summed E-state index contributed by atoms with van der Waals surface area (Å²) >= 11 is 0. The molecule has 1 saturated carbocycles. The Hall–Kier alpha value is -2.74. The van der Waals surface area contributed by atoms with Gasteiger partial charge in [0.25, 0.3) is 5.91 Å². The highest BCUT2D eigenvalue weighted by Crippen LogP contribution is 2.40. The number of amides is 1. The van der Waals surface area contributed by atoms with Crippen LogP contribution < -0.4 is 10.6 Å². The van der Waals surface area contributed by atoms with Gasteiger partial charge < -0.3 is 10.6 Å². The second-order valence-corrected chi connectivity index (χ2v) is 11.3. The fourth-order valence-electron chi connectivity index (χ4n) is 4.06. The van der Waals surface area contributed by atoms with Crippen molar-refractivity contribution >= 4 is 27.1 Å². The second kappa shape index (κ2) is 7.75. The van der Waals surface area contributed by atoms with Gasteiger partial charge in [0, 0.05) is 17.8 Å². The van der Waals surface area contributed by atoms with Crippen LogP contribution in [0.25, 0.3) is 0 Å². The Morgan fingerprint density at radius 1 is 1.19 bits per heavy atom. The minimum Gasteiger partial charge on any atom is -0.381 e. The van der Waals surface area contributed by atoms with Crippen LogP contribution >= 0.6 is 0 Å². The highest BCUT2D eigenvalue weighted by Gasteiger charge is 2.45. The molecule has 0 bridgehead atoms. The van der Waals surface area contributed by atoms with Crippen LogP contribution in [-0.4, -0.2) is 48.1 Å². The van der Waals surface area contributed by atoms with Gasteiger partial charge in [-0.25, -0.2) is 8.42 Å². The molecule has 8 heteroatoms. The van der Waals surface area contributed by atoms with Crippen LogP contribution in [0.2, 0.25) is 0 Å². The van der Waals surface area contributed by atoms with Gasteiger partial charge in [0.05, 0.1) is 34.0 Å². The molecule has 0 atom stereocenters. The molecule has 31 heavy (non-hydrogen) atoms. The highest BCUT2D eigenvalue weighted by atomic mass is 32.2. The largest absolute Gasteiger partial charge is 0.381 e. The molecule has 2 aromatic rings. The summed E-state index contributed by atoms with van der Waals surface area (Å²) in [5.74, 6) is 0.106. The lowest BCUT2D eigenvalue weighted by Gasteiger charge is -2.38. The summed E-state index contributed by atoms with van der Waals surface area (Å²) in [6, 6.07) is 9.81. The first-order valence-corrected chi connectivity index (χ1v) is 12.4. The van der Waals surface area contributed by atoms with E-state index < -0.39 is 15.4 Å². The van der Waals surface area contributed by atoms with Crippen LogP contribution in [0, 0.1) is 5.41 Å². The van der Waals surface area contributed by atoms with E-state index in [0.717, 1.165) is 5.56 Å². The minimum atomic E-state index is -3.07. The van der Waals surface area contributed by atoms with E-state index >= 15 is 0 Å². The quantitative estimate of drug-likeness (QED) is 0.573. The number of pyridine rings is 1. The Balaban J connectivity index is 1.60. The topological polar surface area (TPSA) is 112 Å². The molecule has 1 aromatic heterocycles. The predicted molar refractivity (Wildman–Crippen MR) is 122 cm³/mol. The number of carbonyl (C=O) groups is 1. The SMILES string of the molecule is CC(C)Nc1cc(C(=O)NC2(C)CS(=O)(=O)C2)cnc1C(=N)c1cccc(C2CC2)c1. The smallest absolute Gasteiger partial charge is 0.253 e. The summed E-state index contributed by atoms with van der Waals surface area (Å²) in [4.78, 5) is 17.2. The third-order valence-corrected chi connectivity index (χ3v) is 7.70. The summed E-state index contributed by atoms with van der Waals surface area (Å²) in [6.45, 7) is 5.69. The number of nitrogens with one attached hydrogen (secondary N) is 3. The van der Waals surface area contributed by atoms with Crippen molar-refractivity contribution in [2.45, 2.75) is 51.1 Å². The summed E-state index contributed by atoms with van der Waals surface area (Å²) in [7, 11) is -3.07. The molecule has 2 aliphatic rings. The maximum atomic E-state index is 12.8. The van der Waals surface area contributed by atoms with Crippen molar-refractivity contribution in [3.8, 4) is 0 Å². The summed E-state index contributed by atoms with van der Waals surface area (Å²) < 4.78 is 23.0. The van der Waals surface area contributed by atoms with Crippen LogP contribution in [-0.2, 0) is 9.84 Å². The van der Waals surface area contributed by atoms with E-state index in [4.69, 9.17) is 5.41 Å². The molecule has 164 valence electrons. The number of sulfone groups is 1. The average Bonchev–Trinajstić information content (AvgIpc) is 3.50. The Labute approximate surface area is 183 Å². The summed E-state index contributed by atoms with van der Waals surface area (Å²) in [5, 5.41) is 14.9. The van der Waals surface area contributed by atoms with E-state index in [1.165, 1.54) is 24.6 Å². The number of hydrogen-bond acceptors (Lipinski definition) is 6. The molecule has 1 saturated heterocycles. The molecule has 1 aliphatic heterocycles. The zero-order valence-electron chi connectivity index (χ0n) is 18.0. The third kappa shape index (κ3) is 4.79. The van der Waals surface area contributed by atoms with Crippen LogP contribution in [0.4, 0.5) is 5.69 Å². The number of benzene rings is 1. The highest BCUT2D eigenvalue weighted by molar-refractivity contribution is 7.93. The lowest BCUT2D eigenvalue weighted by Crippen LogP contribution is -2.63. The Bertz CT molecular complexity index is 1140. The van der Waals surface area contributed by atoms with E-state index in [1.807, 2.05) is 26.0 Å². The van der Waals surface area contributed by atoms with Crippen LogP contribution in [0.15, 0.2) is 36.5 Å². The van der Waals surface area contributed by atoms with Crippen molar-refractivity contribution in [1.82, 2.24) is 10.3 Å². The number of carbonyl (C=O) groups excluding carboxylic acids is 1. The number of anilines is 1. The van der Waals surface area contributed by atoms with Gasteiger partial charge in [-0.1, -0.05) is 18.2 Å². The number of rotatable bonds is 7. The number of nitrogens with zero attached hydrogens (tertiary/aromatic N) is 1. The van der Waals surface area contributed by atoms with Crippen LogP contribution in [0.3, 0.4) is 0 Å². The van der Waals surface area contributed by atoms with Crippen molar-refractivity contribution < 1.29 is 13.2 Å². The van der Waals surface area contributed by atoms with Gasteiger partial charge in [0.2, 0.25) is 0 Å². The van der Waals surface area contributed by atoms with Gasteiger partial charge in [-0.2, -0.15) is 0 Å². The Morgan fingerprint density at radius 2 is 1.90 bits per heavy atom. The molecule has 1 aliphatic carbocycles. The maximum absolute atomic E-state index is 12.8. The fraction of sp³-hybridized carbons (Fsp3) is 0.435. The standard InChI is InChI=1S/C23H28N4O3S/c1-14(2)26-19-10-18(22(28)27-23(3)12-31(29,30)13-23)11-25-21(19)20(24)17-6-4-5-16(9-17)15-7-8-15/h4-6,9-11,14-15,24,26H,7-8,12-13H2,1-3H3,(H,27,28). The van der Waals surface area contributed by atoms with Crippen LogP contribution in [0.1, 0.15) is 66.7 Å². The predicted octanol–water partition coefficient (Wildman–Crippen LogP) is 3.11. The van der Waals surface area contributed by atoms with E-state index in [0.29, 0.717) is 28.6 Å². The van der Waals surface area contributed by atoms with E-state index in [1.54, 1.807) is 13.0 Å². The van der Waals surface area contributed by atoms with Gasteiger partial charge in [0.15, 0.2) is 9.84 Å². The Morgan fingerprint density at radius 3 is 2.52 bits per heavy atom. The first-order chi connectivity index (χ1) is 14.6. The van der Waals surface area contributed by atoms with E-state index in [-0.39, 0.29) is 23.5 Å². The molecular weight excluding hydrogens is 412 g/mol. The molecule has 4 rings (SSSR count). The second-order valence-electron chi connectivity index (χ2n) is 9.24. The lowest BCUT2D eigenvalue weighted by molar-refractivity contribution is 0.0916. The van der Waals surface area contributed by atoms with Gasteiger partial charge in [-0.3, -0.25) is 15.2 Å². The van der Waals surface area contributed by atoms with Crippen molar-refractivity contribution in [2.24, 2.45) is 0 Å². The Kier molecular flexibility index (Phi) is 5.37. The zero-order valence-corrected chi connectivity index (χ0v) is 18.8. The zero-order chi connectivity index (χ0) is 22.4. The maximum Gasteiger partial charge on any atom is 0.253 e. The first-order valence-electron chi connectivity index (χ1n) is 10.5. The molecule has 2 heterocycles. The molecule has 3 N–H and O–H groups in total. The van der Waals surface area contributed by atoms with E-state index in [9.17, 15) is 13.2 Å².